The van der Waals surface area contributed by atoms with Crippen LogP contribution in [0.3, 0.4) is 0 Å². The SMILES string of the molecule is [N-]=[N+]=NOC(=O)C(N)Cc1ccc(O)c(O)c1. The van der Waals surface area contributed by atoms with Crippen molar-refractivity contribution in [2.45, 2.75) is 12.5 Å². The molecule has 1 aromatic rings. The second kappa shape index (κ2) is 5.59. The summed E-state index contributed by atoms with van der Waals surface area (Å²) in [5, 5.41) is 20.9. The van der Waals surface area contributed by atoms with Gasteiger partial charge in [-0.25, -0.2) is 4.79 Å². The fourth-order valence-corrected chi connectivity index (χ4v) is 1.16. The van der Waals surface area contributed by atoms with Crippen LogP contribution in [0.1, 0.15) is 5.56 Å². The van der Waals surface area contributed by atoms with E-state index in [1.807, 2.05) is 0 Å². The predicted molar refractivity (Wildman–Crippen MR) is 56.7 cm³/mol. The normalized spacial score (nSPS) is 11.4. The fourth-order valence-electron chi connectivity index (χ4n) is 1.16. The van der Waals surface area contributed by atoms with Crippen molar-refractivity contribution in [2.24, 2.45) is 11.0 Å². The van der Waals surface area contributed by atoms with E-state index in [1.165, 1.54) is 18.2 Å². The highest BCUT2D eigenvalue weighted by molar-refractivity contribution is 5.75. The maximum atomic E-state index is 11.1. The number of nitrogens with zero attached hydrogens (tertiary/aromatic N) is 3. The Morgan fingerprint density at radius 1 is 1.53 bits per heavy atom. The van der Waals surface area contributed by atoms with Crippen LogP contribution in [-0.2, 0) is 16.1 Å². The molecule has 0 aliphatic heterocycles. The molecule has 0 saturated heterocycles. The van der Waals surface area contributed by atoms with E-state index in [2.05, 4.69) is 15.0 Å². The Kier molecular flexibility index (Phi) is 4.15. The molecule has 0 bridgehead atoms. The monoisotopic (exact) mass is 238 g/mol. The van der Waals surface area contributed by atoms with Crippen molar-refractivity contribution in [1.29, 1.82) is 0 Å². The maximum Gasteiger partial charge on any atom is 0.334 e. The van der Waals surface area contributed by atoms with Crippen LogP contribution in [0.25, 0.3) is 10.4 Å². The van der Waals surface area contributed by atoms with Gasteiger partial charge in [-0.1, -0.05) is 6.07 Å². The number of azide groups is 1. The molecule has 90 valence electrons. The average molecular weight is 238 g/mol. The van der Waals surface area contributed by atoms with E-state index in [1.54, 1.807) is 0 Å². The standard InChI is InChI=1S/C9H10N4O4/c10-6(9(16)17-13-12-11)3-5-1-2-7(14)8(15)4-5/h1-2,4,6,14-15H,3,10H2. The summed E-state index contributed by atoms with van der Waals surface area (Å²) >= 11 is 0. The first-order chi connectivity index (χ1) is 8.04. The third-order valence-electron chi connectivity index (χ3n) is 1.97. The molecule has 0 saturated carbocycles. The van der Waals surface area contributed by atoms with Gasteiger partial charge in [0.05, 0.1) is 0 Å². The van der Waals surface area contributed by atoms with Gasteiger partial charge in [-0.15, -0.1) is 0 Å². The van der Waals surface area contributed by atoms with Crippen LogP contribution in [0.4, 0.5) is 0 Å². The number of nitrogens with two attached hydrogens (primary N) is 1. The van der Waals surface area contributed by atoms with Crippen molar-refractivity contribution in [3.63, 3.8) is 0 Å². The third kappa shape index (κ3) is 3.56. The zero-order valence-corrected chi connectivity index (χ0v) is 8.65. The van der Waals surface area contributed by atoms with Gasteiger partial charge in [0.15, 0.2) is 11.5 Å². The molecule has 0 aromatic heterocycles. The van der Waals surface area contributed by atoms with Gasteiger partial charge in [0.1, 0.15) is 11.3 Å². The average Bonchev–Trinajstić information content (AvgIpc) is 2.30. The summed E-state index contributed by atoms with van der Waals surface area (Å²) in [6.45, 7) is 0. The Labute approximate surface area is 95.8 Å². The quantitative estimate of drug-likeness (QED) is 0.233. The Morgan fingerprint density at radius 3 is 2.82 bits per heavy atom. The van der Waals surface area contributed by atoms with E-state index in [4.69, 9.17) is 16.4 Å². The van der Waals surface area contributed by atoms with Gasteiger partial charge >= 0.3 is 5.97 Å². The summed E-state index contributed by atoms with van der Waals surface area (Å²) in [6, 6.07) is 3.02. The number of rotatable bonds is 4. The topological polar surface area (TPSA) is 142 Å². The molecule has 1 unspecified atom stereocenters. The van der Waals surface area contributed by atoms with Gasteiger partial charge in [-0.2, -0.15) is 0 Å². The van der Waals surface area contributed by atoms with E-state index in [9.17, 15) is 9.90 Å². The molecule has 8 nitrogen and oxygen atoms in total. The van der Waals surface area contributed by atoms with Gasteiger partial charge in [-0.3, -0.25) is 0 Å². The summed E-state index contributed by atoms with van der Waals surface area (Å²) in [5.74, 6) is -1.45. The number of hydrogen-bond acceptors (Lipinski definition) is 6. The second-order valence-corrected chi connectivity index (χ2v) is 3.22. The van der Waals surface area contributed by atoms with Crippen LogP contribution in [0.5, 0.6) is 11.5 Å². The van der Waals surface area contributed by atoms with Crippen molar-refractivity contribution in [1.82, 2.24) is 0 Å². The maximum absolute atomic E-state index is 11.1. The van der Waals surface area contributed by atoms with Crippen LogP contribution in [-0.4, -0.2) is 22.2 Å². The van der Waals surface area contributed by atoms with Crippen LogP contribution in [0.2, 0.25) is 0 Å². The lowest BCUT2D eigenvalue weighted by molar-refractivity contribution is -0.145. The Morgan fingerprint density at radius 2 is 2.24 bits per heavy atom. The summed E-state index contributed by atoms with van der Waals surface area (Å²) in [4.78, 5) is 17.5. The van der Waals surface area contributed by atoms with Crippen molar-refractivity contribution < 1.29 is 19.8 Å². The number of benzene rings is 1. The van der Waals surface area contributed by atoms with E-state index >= 15 is 0 Å². The van der Waals surface area contributed by atoms with E-state index in [-0.39, 0.29) is 17.9 Å². The minimum absolute atomic E-state index is 0.0770. The molecule has 0 fully saturated rings. The lowest BCUT2D eigenvalue weighted by Crippen LogP contribution is -2.33. The summed E-state index contributed by atoms with van der Waals surface area (Å²) < 4.78 is 0. The molecule has 17 heavy (non-hydrogen) atoms. The minimum Gasteiger partial charge on any atom is -0.504 e. The molecule has 0 radical (unpaired) electrons. The smallest absolute Gasteiger partial charge is 0.334 e. The van der Waals surface area contributed by atoms with E-state index in [0.29, 0.717) is 5.56 Å². The largest absolute Gasteiger partial charge is 0.504 e. The molecule has 8 heteroatoms. The summed E-state index contributed by atoms with van der Waals surface area (Å²) in [5.41, 5.74) is 13.9. The van der Waals surface area contributed by atoms with E-state index in [0.717, 1.165) is 0 Å². The molecule has 0 amide bonds. The van der Waals surface area contributed by atoms with Gasteiger partial charge in [0.2, 0.25) is 0 Å². The Bertz CT molecular complexity index is 470. The highest BCUT2D eigenvalue weighted by atomic mass is 16.7. The Hall–Kier alpha value is -2.44. The Balaban J connectivity index is 2.67. The first-order valence-corrected chi connectivity index (χ1v) is 4.56. The van der Waals surface area contributed by atoms with Crippen molar-refractivity contribution in [3.8, 4) is 11.5 Å². The zero-order chi connectivity index (χ0) is 12.8. The molecular weight excluding hydrogens is 228 g/mol. The highest BCUT2D eigenvalue weighted by Gasteiger charge is 2.16. The lowest BCUT2D eigenvalue weighted by Gasteiger charge is -2.08. The van der Waals surface area contributed by atoms with Crippen molar-refractivity contribution >= 4 is 5.97 Å². The first-order valence-electron chi connectivity index (χ1n) is 4.56. The molecule has 1 atom stereocenters. The van der Waals surface area contributed by atoms with E-state index < -0.39 is 12.0 Å². The zero-order valence-electron chi connectivity index (χ0n) is 8.65. The molecule has 0 aliphatic carbocycles. The molecule has 0 heterocycles. The molecule has 1 aromatic carbocycles. The van der Waals surface area contributed by atoms with Crippen molar-refractivity contribution in [2.75, 3.05) is 0 Å². The van der Waals surface area contributed by atoms with Crippen LogP contribution < -0.4 is 5.73 Å². The molecule has 0 aliphatic rings. The molecule has 4 N–H and O–H groups in total. The van der Waals surface area contributed by atoms with Crippen LogP contribution in [0, 0.1) is 0 Å². The summed E-state index contributed by atoms with van der Waals surface area (Å²) in [7, 11) is 0. The fraction of sp³-hybridized carbons (Fsp3) is 0.222. The van der Waals surface area contributed by atoms with Gasteiger partial charge in [0.25, 0.3) is 0 Å². The third-order valence-corrected chi connectivity index (χ3v) is 1.97. The number of phenolic OH excluding ortho intramolecular Hbond substituents is 2. The first kappa shape index (κ1) is 12.6. The van der Waals surface area contributed by atoms with Crippen LogP contribution >= 0.6 is 0 Å². The van der Waals surface area contributed by atoms with Crippen LogP contribution in [0.15, 0.2) is 23.5 Å². The van der Waals surface area contributed by atoms with Gasteiger partial charge < -0.3 is 20.8 Å². The molecule has 1 rings (SSSR count). The number of carbonyl (C=O) groups is 1. The number of carbonyl (C=O) groups excluding carboxylic acids is 1. The predicted octanol–water partition coefficient (Wildman–Crippen LogP) is 0.736. The summed E-state index contributed by atoms with van der Waals surface area (Å²) in [6.07, 6.45) is 0.0770. The number of hydrogen-bond donors (Lipinski definition) is 3. The number of phenols is 2. The molecule has 0 spiro atoms. The van der Waals surface area contributed by atoms with Gasteiger partial charge in [0, 0.05) is 4.91 Å². The van der Waals surface area contributed by atoms with Crippen molar-refractivity contribution in [3.05, 3.63) is 34.2 Å². The molecular formula is C9H10N4O4. The number of aromatic hydroxyl groups is 2. The van der Waals surface area contributed by atoms with Gasteiger partial charge in [-0.05, 0) is 29.6 Å². The highest BCUT2D eigenvalue weighted by Crippen LogP contribution is 2.25. The minimum atomic E-state index is -1.02. The lowest BCUT2D eigenvalue weighted by atomic mass is 10.1. The second-order valence-electron chi connectivity index (χ2n) is 3.22.